The average Bonchev–Trinajstić information content (AvgIpc) is 2.91. The Balaban J connectivity index is 1.94. The summed E-state index contributed by atoms with van der Waals surface area (Å²) in [5, 5.41) is 15.4. The van der Waals surface area contributed by atoms with Gasteiger partial charge in [0, 0.05) is 13.2 Å². The minimum absolute atomic E-state index is 0.0823. The van der Waals surface area contributed by atoms with E-state index in [-0.39, 0.29) is 23.5 Å². The van der Waals surface area contributed by atoms with Crippen LogP contribution in [0, 0.1) is 11.8 Å². The van der Waals surface area contributed by atoms with E-state index in [1.165, 1.54) is 12.3 Å². The van der Waals surface area contributed by atoms with Gasteiger partial charge in [0.25, 0.3) is 10.0 Å². The summed E-state index contributed by atoms with van der Waals surface area (Å²) in [6, 6.07) is 1.42. The van der Waals surface area contributed by atoms with Gasteiger partial charge in [0.15, 0.2) is 5.03 Å². The number of rotatable bonds is 5. The van der Waals surface area contributed by atoms with Crippen LogP contribution >= 0.6 is 0 Å². The lowest BCUT2D eigenvalue weighted by molar-refractivity contribution is 0.136. The van der Waals surface area contributed by atoms with Crippen LogP contribution in [-0.4, -0.2) is 36.9 Å². The Kier molecular flexibility index (Phi) is 4.36. The molecule has 6 nitrogen and oxygen atoms in total. The van der Waals surface area contributed by atoms with Crippen molar-refractivity contribution in [3.8, 4) is 0 Å². The van der Waals surface area contributed by atoms with Crippen LogP contribution in [-0.2, 0) is 10.0 Å². The molecular formula is C11H19N3O3S. The molecule has 2 atom stereocenters. The lowest BCUT2D eigenvalue weighted by Crippen LogP contribution is -2.35. The number of nitrogens with zero attached hydrogens (tertiary/aromatic N) is 1. The van der Waals surface area contributed by atoms with Crippen molar-refractivity contribution in [3.05, 3.63) is 12.3 Å². The molecule has 0 spiro atoms. The van der Waals surface area contributed by atoms with Gasteiger partial charge in [0.1, 0.15) is 0 Å². The normalized spacial score (nSPS) is 25.2. The second-order valence-electron chi connectivity index (χ2n) is 4.76. The topological polar surface area (TPSA) is 95.1 Å². The predicted octanol–water partition coefficient (Wildman–Crippen LogP) is 0.487. The van der Waals surface area contributed by atoms with E-state index in [0.29, 0.717) is 6.54 Å². The summed E-state index contributed by atoms with van der Waals surface area (Å²) in [6.07, 6.45) is 5.58. The lowest BCUT2D eigenvalue weighted by atomic mass is 9.80. The molecule has 0 radical (unpaired) electrons. The third-order valence-corrected chi connectivity index (χ3v) is 4.95. The summed E-state index contributed by atoms with van der Waals surface area (Å²) >= 11 is 0. The van der Waals surface area contributed by atoms with Gasteiger partial charge in [-0.15, -0.1) is 0 Å². The van der Waals surface area contributed by atoms with Crippen LogP contribution in [0.5, 0.6) is 0 Å². The molecule has 1 aliphatic carbocycles. The largest absolute Gasteiger partial charge is 0.396 e. The zero-order valence-electron chi connectivity index (χ0n) is 10.2. The maximum Gasteiger partial charge on any atom is 0.257 e. The number of aliphatic hydroxyl groups is 1. The van der Waals surface area contributed by atoms with Gasteiger partial charge in [-0.25, -0.2) is 13.1 Å². The minimum Gasteiger partial charge on any atom is -0.396 e. The fraction of sp³-hybridized carbons (Fsp3) is 0.727. The second kappa shape index (κ2) is 5.81. The Labute approximate surface area is 107 Å². The smallest absolute Gasteiger partial charge is 0.257 e. The molecule has 0 saturated heterocycles. The van der Waals surface area contributed by atoms with Crippen LogP contribution in [0.3, 0.4) is 0 Å². The van der Waals surface area contributed by atoms with Crippen molar-refractivity contribution in [2.75, 3.05) is 13.2 Å². The molecular weight excluding hydrogens is 254 g/mol. The maximum absolute atomic E-state index is 11.9. The SMILES string of the molecule is O=S(=O)(NCC1CCCCC1CO)c1ccn[nH]1. The van der Waals surface area contributed by atoms with Gasteiger partial charge in [0.05, 0.1) is 6.20 Å². The predicted molar refractivity (Wildman–Crippen MR) is 66.3 cm³/mol. The minimum atomic E-state index is -3.50. The van der Waals surface area contributed by atoms with Crippen LogP contribution in [0.4, 0.5) is 0 Å². The number of aromatic amines is 1. The highest BCUT2D eigenvalue weighted by Gasteiger charge is 2.26. The number of aliphatic hydroxyl groups excluding tert-OH is 1. The molecule has 1 aromatic rings. The van der Waals surface area contributed by atoms with Gasteiger partial charge < -0.3 is 5.11 Å². The highest BCUT2D eigenvalue weighted by molar-refractivity contribution is 7.89. The van der Waals surface area contributed by atoms with Crippen molar-refractivity contribution in [3.63, 3.8) is 0 Å². The third-order valence-electron chi connectivity index (χ3n) is 3.60. The Morgan fingerprint density at radius 2 is 2.11 bits per heavy atom. The number of nitrogens with one attached hydrogen (secondary N) is 2. The highest BCUT2D eigenvalue weighted by atomic mass is 32.2. The van der Waals surface area contributed by atoms with Crippen molar-refractivity contribution < 1.29 is 13.5 Å². The van der Waals surface area contributed by atoms with E-state index < -0.39 is 10.0 Å². The Hall–Kier alpha value is -0.920. The van der Waals surface area contributed by atoms with E-state index in [2.05, 4.69) is 14.9 Å². The first kappa shape index (κ1) is 13.5. The second-order valence-corrected chi connectivity index (χ2v) is 6.50. The van der Waals surface area contributed by atoms with Gasteiger partial charge in [-0.3, -0.25) is 5.10 Å². The fourth-order valence-corrected chi connectivity index (χ4v) is 3.48. The molecule has 0 aromatic carbocycles. The third kappa shape index (κ3) is 3.09. The summed E-state index contributed by atoms with van der Waals surface area (Å²) in [7, 11) is -3.50. The van der Waals surface area contributed by atoms with Gasteiger partial charge >= 0.3 is 0 Å². The fourth-order valence-electron chi connectivity index (χ4n) is 2.48. The number of hydrogen-bond acceptors (Lipinski definition) is 4. The van der Waals surface area contributed by atoms with Gasteiger partial charge in [-0.05, 0) is 30.7 Å². The average molecular weight is 273 g/mol. The molecule has 7 heteroatoms. The van der Waals surface area contributed by atoms with E-state index >= 15 is 0 Å². The first-order chi connectivity index (χ1) is 8.63. The van der Waals surface area contributed by atoms with Crippen molar-refractivity contribution in [1.82, 2.24) is 14.9 Å². The summed E-state index contributed by atoms with van der Waals surface area (Å²) in [4.78, 5) is 0. The molecule has 0 bridgehead atoms. The molecule has 1 fully saturated rings. The lowest BCUT2D eigenvalue weighted by Gasteiger charge is -2.30. The molecule has 0 amide bonds. The first-order valence-electron chi connectivity index (χ1n) is 6.23. The van der Waals surface area contributed by atoms with Gasteiger partial charge in [-0.2, -0.15) is 5.10 Å². The molecule has 0 aliphatic heterocycles. The summed E-state index contributed by atoms with van der Waals surface area (Å²) in [6.45, 7) is 0.517. The van der Waals surface area contributed by atoms with Crippen molar-refractivity contribution in [2.45, 2.75) is 30.7 Å². The Morgan fingerprint density at radius 1 is 1.39 bits per heavy atom. The molecule has 1 aromatic heterocycles. The standard InChI is InChI=1S/C11H19N3O3S/c15-8-10-4-2-1-3-9(10)7-13-18(16,17)11-5-6-12-14-11/h5-6,9-10,13,15H,1-4,7-8H2,(H,12,14). The van der Waals surface area contributed by atoms with E-state index in [9.17, 15) is 13.5 Å². The first-order valence-corrected chi connectivity index (χ1v) is 7.71. The quantitative estimate of drug-likeness (QED) is 0.727. The molecule has 3 N–H and O–H groups in total. The monoisotopic (exact) mass is 273 g/mol. The van der Waals surface area contributed by atoms with E-state index in [1.807, 2.05) is 0 Å². The van der Waals surface area contributed by atoms with E-state index in [4.69, 9.17) is 0 Å². The van der Waals surface area contributed by atoms with Crippen molar-refractivity contribution >= 4 is 10.0 Å². The van der Waals surface area contributed by atoms with Gasteiger partial charge in [0.2, 0.25) is 0 Å². The van der Waals surface area contributed by atoms with E-state index in [0.717, 1.165) is 25.7 Å². The maximum atomic E-state index is 11.9. The van der Waals surface area contributed by atoms with E-state index in [1.54, 1.807) is 0 Å². The zero-order chi connectivity index (χ0) is 13.0. The van der Waals surface area contributed by atoms with Crippen LogP contribution in [0.2, 0.25) is 0 Å². The molecule has 1 heterocycles. The highest BCUT2D eigenvalue weighted by Crippen LogP contribution is 2.29. The molecule has 1 aliphatic rings. The van der Waals surface area contributed by atoms with Crippen LogP contribution in [0.15, 0.2) is 17.3 Å². The molecule has 102 valence electrons. The molecule has 18 heavy (non-hydrogen) atoms. The molecule has 1 saturated carbocycles. The molecule has 2 unspecified atom stereocenters. The molecule has 2 rings (SSSR count). The summed E-state index contributed by atoms with van der Waals surface area (Å²) in [5.74, 6) is 0.435. The van der Waals surface area contributed by atoms with Gasteiger partial charge in [-0.1, -0.05) is 12.8 Å². The number of sulfonamides is 1. The van der Waals surface area contributed by atoms with Crippen LogP contribution < -0.4 is 4.72 Å². The van der Waals surface area contributed by atoms with Crippen LogP contribution in [0.25, 0.3) is 0 Å². The van der Waals surface area contributed by atoms with Crippen molar-refractivity contribution in [2.24, 2.45) is 11.8 Å². The zero-order valence-corrected chi connectivity index (χ0v) is 11.0. The Bertz CT molecular complexity index is 458. The number of hydrogen-bond donors (Lipinski definition) is 3. The summed E-state index contributed by atoms with van der Waals surface area (Å²) in [5.41, 5.74) is 0. The van der Waals surface area contributed by atoms with Crippen molar-refractivity contribution in [1.29, 1.82) is 0 Å². The summed E-state index contributed by atoms with van der Waals surface area (Å²) < 4.78 is 26.4. The Morgan fingerprint density at radius 3 is 2.72 bits per heavy atom. The number of H-pyrrole nitrogens is 1. The number of aromatic nitrogens is 2. The van der Waals surface area contributed by atoms with Crippen LogP contribution in [0.1, 0.15) is 25.7 Å².